The maximum Gasteiger partial charge on any atom is 0.240 e. The molecule has 4 aliphatic carbocycles. The second kappa shape index (κ2) is 11.5. The van der Waals surface area contributed by atoms with Crippen molar-refractivity contribution in [1.82, 2.24) is 10.2 Å². The molecule has 3 saturated carbocycles. The van der Waals surface area contributed by atoms with Crippen molar-refractivity contribution >= 4 is 17.5 Å². The average Bonchev–Trinajstić information content (AvgIpc) is 3.40. The van der Waals surface area contributed by atoms with Crippen molar-refractivity contribution in [2.45, 2.75) is 116 Å². The highest BCUT2D eigenvalue weighted by Gasteiger charge is 2.75. The summed E-state index contributed by atoms with van der Waals surface area (Å²) in [6, 6.07) is -0.200. The molecule has 0 bridgehead atoms. The van der Waals surface area contributed by atoms with E-state index >= 15 is 0 Å². The Hall–Kier alpha value is -1.91. The highest BCUT2D eigenvalue weighted by atomic mass is 16.7. The largest absolute Gasteiger partial charge is 0.393 e. The van der Waals surface area contributed by atoms with Gasteiger partial charge in [0.15, 0.2) is 23.5 Å². The summed E-state index contributed by atoms with van der Waals surface area (Å²) in [5.74, 6) is -0.0543. The number of nitrogens with one attached hydrogen (secondary N) is 1. The summed E-state index contributed by atoms with van der Waals surface area (Å²) in [5, 5.41) is 15.1. The molecule has 1 saturated heterocycles. The third-order valence-corrected chi connectivity index (χ3v) is 11.1. The Kier molecular flexibility index (Phi) is 8.66. The Bertz CT molecular complexity index is 1150. The number of aliphatic hydroxyl groups excluding tert-OH is 1. The molecule has 10 atom stereocenters. The number of rotatable bonds is 10. The number of carbonyl (C=O) groups excluding carboxylic acids is 3. The van der Waals surface area contributed by atoms with Gasteiger partial charge < -0.3 is 29.5 Å². The number of hydrogen-bond donors (Lipinski definition) is 2. The lowest BCUT2D eigenvalue weighted by Crippen LogP contribution is -2.63. The summed E-state index contributed by atoms with van der Waals surface area (Å²) in [5.41, 5.74) is -1.16. The number of likely N-dealkylation sites (N-methyl/N-ethyl adjacent to an activating group) is 1. The van der Waals surface area contributed by atoms with Crippen molar-refractivity contribution < 1.29 is 33.7 Å². The second-order valence-corrected chi connectivity index (χ2v) is 14.1. The fraction of sp³-hybridized carbons (Fsp3) is 0.788. The Balaban J connectivity index is 1.38. The number of ether oxygens (including phenoxy) is 3. The first-order valence-corrected chi connectivity index (χ1v) is 15.9. The van der Waals surface area contributed by atoms with E-state index in [0.29, 0.717) is 19.3 Å². The van der Waals surface area contributed by atoms with Crippen LogP contribution in [0.25, 0.3) is 0 Å². The zero-order chi connectivity index (χ0) is 30.6. The molecule has 5 aliphatic rings. The van der Waals surface area contributed by atoms with Crippen LogP contribution in [-0.4, -0.2) is 84.0 Å². The minimum Gasteiger partial charge on any atom is -0.393 e. The van der Waals surface area contributed by atoms with Crippen LogP contribution in [-0.2, 0) is 28.6 Å². The maximum atomic E-state index is 14.3. The fourth-order valence-electron chi connectivity index (χ4n) is 9.35. The Morgan fingerprint density at radius 1 is 1.26 bits per heavy atom. The van der Waals surface area contributed by atoms with E-state index in [1.165, 1.54) is 4.90 Å². The quantitative estimate of drug-likeness (QED) is 0.374. The van der Waals surface area contributed by atoms with Gasteiger partial charge in [-0.1, -0.05) is 52.7 Å². The lowest BCUT2D eigenvalue weighted by molar-refractivity contribution is -0.201. The molecule has 0 aromatic rings. The van der Waals surface area contributed by atoms with Gasteiger partial charge in [0.05, 0.1) is 18.2 Å². The molecular formula is C33H50N2O7. The van der Waals surface area contributed by atoms with E-state index in [4.69, 9.17) is 14.2 Å². The zero-order valence-electron chi connectivity index (χ0n) is 26.4. The van der Waals surface area contributed by atoms with Gasteiger partial charge in [-0.25, -0.2) is 0 Å². The van der Waals surface area contributed by atoms with Gasteiger partial charge in [0.1, 0.15) is 13.3 Å². The lowest BCUT2D eigenvalue weighted by Gasteiger charge is -2.59. The van der Waals surface area contributed by atoms with Crippen molar-refractivity contribution in [2.75, 3.05) is 20.4 Å². The Labute approximate surface area is 250 Å². The second-order valence-electron chi connectivity index (χ2n) is 14.1. The first kappa shape index (κ1) is 31.5. The third-order valence-electron chi connectivity index (χ3n) is 11.1. The minimum absolute atomic E-state index is 0.0118. The van der Waals surface area contributed by atoms with Crippen LogP contribution in [0.2, 0.25) is 0 Å². The number of Topliss-reactive ketones (excluding diaryl/α,β-unsaturated/α-hetero) is 1. The fourth-order valence-corrected chi connectivity index (χ4v) is 9.35. The number of allylic oxidation sites excluding steroid dienone is 4. The van der Waals surface area contributed by atoms with Gasteiger partial charge in [-0.15, -0.1) is 0 Å². The molecule has 1 aliphatic heterocycles. The number of hydrogen-bond acceptors (Lipinski definition) is 8. The number of ketones is 2. The molecule has 1 amide bonds. The first-order chi connectivity index (χ1) is 19.8. The molecule has 1 unspecified atom stereocenters. The molecule has 234 valence electrons. The molecular weight excluding hydrogens is 536 g/mol. The van der Waals surface area contributed by atoms with Crippen molar-refractivity contribution in [3.8, 4) is 0 Å². The molecule has 0 aromatic carbocycles. The number of carbonyl (C=O) groups is 3. The Morgan fingerprint density at radius 3 is 2.69 bits per heavy atom. The Morgan fingerprint density at radius 2 is 2.00 bits per heavy atom. The van der Waals surface area contributed by atoms with E-state index in [9.17, 15) is 19.5 Å². The third kappa shape index (κ3) is 4.93. The number of aliphatic hydroxyl groups is 1. The minimum atomic E-state index is -1.23. The molecule has 0 aromatic heterocycles. The lowest BCUT2D eigenvalue weighted by atomic mass is 9.46. The summed E-state index contributed by atoms with van der Waals surface area (Å²) in [7, 11) is 1.67. The van der Waals surface area contributed by atoms with Crippen LogP contribution < -0.4 is 5.32 Å². The van der Waals surface area contributed by atoms with E-state index in [1.54, 1.807) is 19.2 Å². The monoisotopic (exact) mass is 586 g/mol. The van der Waals surface area contributed by atoms with E-state index in [-0.39, 0.29) is 66.1 Å². The maximum absolute atomic E-state index is 14.3. The van der Waals surface area contributed by atoms with E-state index in [2.05, 4.69) is 26.1 Å². The van der Waals surface area contributed by atoms with Crippen molar-refractivity contribution in [3.63, 3.8) is 0 Å². The SMILES string of the molecule is CCCC1O[C@@H]2C[C@H]3[C@@H]4CCC5=CC(=O)C=C[C@]5(C)[C@H]4[C@@H](O)C[C@]3(C)[C@]2(C(=O)COCN(C)C(=O)[C@H](C)NC(C)C)O1. The van der Waals surface area contributed by atoms with Crippen LogP contribution in [0.1, 0.15) is 80.1 Å². The molecule has 2 N–H and O–H groups in total. The summed E-state index contributed by atoms with van der Waals surface area (Å²) in [6.07, 6.45) is 8.12. The van der Waals surface area contributed by atoms with Crippen molar-refractivity contribution in [1.29, 1.82) is 0 Å². The van der Waals surface area contributed by atoms with E-state index in [0.717, 1.165) is 24.8 Å². The summed E-state index contributed by atoms with van der Waals surface area (Å²) in [6.45, 7) is 11.9. The molecule has 0 radical (unpaired) electrons. The number of nitrogens with zero attached hydrogens (tertiary/aromatic N) is 1. The average molecular weight is 587 g/mol. The smallest absolute Gasteiger partial charge is 0.240 e. The van der Waals surface area contributed by atoms with Crippen LogP contribution in [0.3, 0.4) is 0 Å². The van der Waals surface area contributed by atoms with Crippen LogP contribution in [0.15, 0.2) is 23.8 Å². The molecule has 0 spiro atoms. The van der Waals surface area contributed by atoms with Gasteiger partial charge in [-0.2, -0.15) is 0 Å². The highest BCUT2D eigenvalue weighted by molar-refractivity contribution is 6.01. The van der Waals surface area contributed by atoms with Crippen LogP contribution in [0.5, 0.6) is 0 Å². The van der Waals surface area contributed by atoms with Crippen molar-refractivity contribution in [3.05, 3.63) is 23.8 Å². The number of amides is 1. The molecule has 9 heteroatoms. The predicted molar refractivity (Wildman–Crippen MR) is 157 cm³/mol. The van der Waals surface area contributed by atoms with E-state index in [1.807, 2.05) is 26.8 Å². The normalized spacial score (nSPS) is 41.1. The first-order valence-electron chi connectivity index (χ1n) is 15.9. The molecule has 1 heterocycles. The zero-order valence-corrected chi connectivity index (χ0v) is 26.4. The van der Waals surface area contributed by atoms with Gasteiger partial charge in [0.2, 0.25) is 5.91 Å². The molecule has 4 fully saturated rings. The van der Waals surface area contributed by atoms with Crippen LogP contribution in [0, 0.1) is 28.6 Å². The summed E-state index contributed by atoms with van der Waals surface area (Å²) in [4.78, 5) is 40.7. The van der Waals surface area contributed by atoms with Gasteiger partial charge >= 0.3 is 0 Å². The standard InChI is InChI=1S/C33H50N2O7/c1-8-9-28-41-27-15-24-23-11-10-21-14-22(36)12-13-31(21,5)29(23)25(37)16-32(24,6)33(27,42-28)26(38)17-40-18-35(7)30(39)20(4)34-19(2)3/h12-14,19-20,23-25,27-29,34,37H,8-11,15-18H2,1-7H3/t20-,23-,24-,25-,27+,28?,29+,31-,32-,33+/m0/s1. The van der Waals surface area contributed by atoms with Gasteiger partial charge in [0, 0.05) is 29.8 Å². The number of fused-ring (bicyclic) bond motifs is 7. The van der Waals surface area contributed by atoms with Crippen molar-refractivity contribution in [2.24, 2.45) is 28.6 Å². The molecule has 42 heavy (non-hydrogen) atoms. The molecule has 9 nitrogen and oxygen atoms in total. The van der Waals surface area contributed by atoms with Gasteiger partial charge in [-0.05, 0) is 63.0 Å². The predicted octanol–water partition coefficient (Wildman–Crippen LogP) is 3.54. The highest BCUT2D eigenvalue weighted by Crippen LogP contribution is 2.69. The van der Waals surface area contributed by atoms with E-state index < -0.39 is 29.5 Å². The van der Waals surface area contributed by atoms with Crippen LogP contribution in [0.4, 0.5) is 0 Å². The molecule has 5 rings (SSSR count). The van der Waals surface area contributed by atoms with Gasteiger partial charge in [-0.3, -0.25) is 14.4 Å². The topological polar surface area (TPSA) is 114 Å². The van der Waals surface area contributed by atoms with Gasteiger partial charge in [0.25, 0.3) is 0 Å². The summed E-state index contributed by atoms with van der Waals surface area (Å²) < 4.78 is 19.0. The summed E-state index contributed by atoms with van der Waals surface area (Å²) >= 11 is 0. The van der Waals surface area contributed by atoms with Crippen LogP contribution >= 0.6 is 0 Å².